The lowest BCUT2D eigenvalue weighted by Gasteiger charge is -2.38. The zero-order valence-electron chi connectivity index (χ0n) is 19.6. The summed E-state index contributed by atoms with van der Waals surface area (Å²) in [5, 5.41) is 93.1. The number of phenolic OH excluding ortho intramolecular Hbond substituents is 3. The number of rotatable bonds is 3. The van der Waals surface area contributed by atoms with E-state index in [4.69, 9.17) is 13.9 Å². The summed E-state index contributed by atoms with van der Waals surface area (Å²) in [6, 6.07) is 6.60. The summed E-state index contributed by atoms with van der Waals surface area (Å²) in [6.07, 6.45) is -13.3. The molecule has 3 aromatic rings. The summed E-state index contributed by atoms with van der Waals surface area (Å²) in [4.78, 5) is 13.3. The van der Waals surface area contributed by atoms with Crippen molar-refractivity contribution in [3.05, 3.63) is 51.7 Å². The van der Waals surface area contributed by atoms with Crippen molar-refractivity contribution in [2.24, 2.45) is 0 Å². The van der Waals surface area contributed by atoms with Gasteiger partial charge in [-0.1, -0.05) is 0 Å². The van der Waals surface area contributed by atoms with E-state index < -0.39 is 101 Å². The SMILES string of the molecule is O=c1cc(-c2ccc(O)cc2)oc2c([C@H]3OC[C@@H](O)[C@@H](O)[C@@H]3O)c(O)c([C@H]3OC[C@H](O)[C@@H](O)[C@@H]3O)c(O)c12. The Bertz CT molecular complexity index is 1400. The normalized spacial score (nSPS) is 31.9. The Balaban J connectivity index is 1.80. The number of benzene rings is 2. The van der Waals surface area contributed by atoms with Crippen molar-refractivity contribution in [3.8, 4) is 28.6 Å². The lowest BCUT2D eigenvalue weighted by Crippen LogP contribution is -2.49. The molecule has 2 aliphatic rings. The second-order valence-corrected chi connectivity index (χ2v) is 9.36. The Kier molecular flexibility index (Phi) is 6.79. The molecule has 2 fully saturated rings. The Hall–Kier alpha value is -3.27. The van der Waals surface area contributed by atoms with Gasteiger partial charge in [-0.3, -0.25) is 4.79 Å². The van der Waals surface area contributed by atoms with Gasteiger partial charge in [0.2, 0.25) is 0 Å². The first kappa shape index (κ1) is 26.3. The number of aliphatic hydroxyl groups excluding tert-OH is 6. The van der Waals surface area contributed by atoms with Crippen molar-refractivity contribution in [3.63, 3.8) is 0 Å². The molecule has 38 heavy (non-hydrogen) atoms. The number of fused-ring (bicyclic) bond motifs is 1. The van der Waals surface area contributed by atoms with Gasteiger partial charge < -0.3 is 59.8 Å². The molecule has 2 saturated heterocycles. The van der Waals surface area contributed by atoms with Crippen LogP contribution in [0.1, 0.15) is 23.3 Å². The summed E-state index contributed by atoms with van der Waals surface area (Å²) >= 11 is 0. The molecular weight excluding hydrogens is 508 g/mol. The lowest BCUT2D eigenvalue weighted by molar-refractivity contribution is -0.191. The summed E-state index contributed by atoms with van der Waals surface area (Å²) in [6.45, 7) is -0.966. The zero-order valence-corrected chi connectivity index (χ0v) is 19.6. The molecule has 204 valence electrons. The second kappa shape index (κ2) is 9.80. The van der Waals surface area contributed by atoms with Gasteiger partial charge in [0.15, 0.2) is 11.0 Å². The fourth-order valence-corrected chi connectivity index (χ4v) is 4.83. The molecule has 1 aromatic heterocycles. The van der Waals surface area contributed by atoms with Crippen LogP contribution in [0, 0.1) is 0 Å². The Morgan fingerprint density at radius 1 is 0.684 bits per heavy atom. The van der Waals surface area contributed by atoms with Gasteiger partial charge in [-0.25, -0.2) is 0 Å². The average Bonchev–Trinajstić information content (AvgIpc) is 2.88. The van der Waals surface area contributed by atoms with Crippen LogP contribution in [0.25, 0.3) is 22.3 Å². The van der Waals surface area contributed by atoms with Crippen LogP contribution in [0.15, 0.2) is 39.5 Å². The van der Waals surface area contributed by atoms with E-state index in [9.17, 15) is 50.8 Å². The minimum absolute atomic E-state index is 0.0475. The molecular formula is C25H26O13. The monoisotopic (exact) mass is 534 g/mol. The predicted molar refractivity (Wildman–Crippen MR) is 126 cm³/mol. The fraction of sp³-hybridized carbons (Fsp3) is 0.400. The maximum Gasteiger partial charge on any atom is 0.197 e. The molecule has 8 atom stereocenters. The average molecular weight is 534 g/mol. The van der Waals surface area contributed by atoms with Crippen molar-refractivity contribution in [2.75, 3.05) is 13.2 Å². The molecule has 0 bridgehead atoms. The van der Waals surface area contributed by atoms with Crippen LogP contribution >= 0.6 is 0 Å². The van der Waals surface area contributed by atoms with Crippen LogP contribution < -0.4 is 5.43 Å². The maximum absolute atomic E-state index is 13.3. The molecule has 2 aromatic carbocycles. The summed E-state index contributed by atoms with van der Waals surface area (Å²) in [5.74, 6) is -1.80. The van der Waals surface area contributed by atoms with Crippen molar-refractivity contribution in [2.45, 2.75) is 48.8 Å². The third kappa shape index (κ3) is 4.19. The number of hydrogen-bond acceptors (Lipinski definition) is 13. The first-order chi connectivity index (χ1) is 18.0. The van der Waals surface area contributed by atoms with Crippen LogP contribution in [-0.2, 0) is 9.47 Å². The van der Waals surface area contributed by atoms with Crippen molar-refractivity contribution in [1.82, 2.24) is 0 Å². The molecule has 0 unspecified atom stereocenters. The Labute approximate surface area is 213 Å². The Morgan fingerprint density at radius 3 is 1.76 bits per heavy atom. The van der Waals surface area contributed by atoms with Crippen molar-refractivity contribution >= 4 is 11.0 Å². The highest BCUT2D eigenvalue weighted by atomic mass is 16.5. The lowest BCUT2D eigenvalue weighted by atomic mass is 9.87. The standard InChI is InChI=1S/C25H26O13/c26-9-3-1-8(2-4-9)13-5-10(27)14-19(32)15(24-21(34)17(30)11(28)6-36-24)20(33)16(23(14)38-13)25-22(35)18(31)12(29)7-37-25/h1-5,11-12,17-18,21-22,24-26,28-35H,6-7H2/t11-,12+,17+,18+,21-,22-,24+,25+/m0/s1. The van der Waals surface area contributed by atoms with Gasteiger partial charge >= 0.3 is 0 Å². The molecule has 0 aliphatic carbocycles. The van der Waals surface area contributed by atoms with Crippen LogP contribution in [0.4, 0.5) is 0 Å². The second-order valence-electron chi connectivity index (χ2n) is 9.36. The van der Waals surface area contributed by atoms with E-state index in [1.54, 1.807) is 0 Å². The molecule has 0 saturated carbocycles. The smallest absolute Gasteiger partial charge is 0.197 e. The van der Waals surface area contributed by atoms with Crippen LogP contribution in [0.5, 0.6) is 17.2 Å². The number of aliphatic hydroxyl groups is 6. The molecule has 5 rings (SSSR count). The van der Waals surface area contributed by atoms with E-state index in [-0.39, 0.29) is 11.5 Å². The highest BCUT2D eigenvalue weighted by Crippen LogP contribution is 2.50. The quantitative estimate of drug-likeness (QED) is 0.194. The summed E-state index contributed by atoms with van der Waals surface area (Å²) in [5.41, 5.74) is -1.86. The van der Waals surface area contributed by atoms with Gasteiger partial charge in [0, 0.05) is 11.6 Å². The van der Waals surface area contributed by atoms with Gasteiger partial charge in [0.1, 0.15) is 77.2 Å². The number of hydrogen-bond donors (Lipinski definition) is 9. The van der Waals surface area contributed by atoms with Gasteiger partial charge in [-0.15, -0.1) is 0 Å². The fourth-order valence-electron chi connectivity index (χ4n) is 4.83. The highest BCUT2D eigenvalue weighted by molar-refractivity contribution is 5.91. The third-order valence-electron chi connectivity index (χ3n) is 6.92. The van der Waals surface area contributed by atoms with E-state index >= 15 is 0 Å². The van der Waals surface area contributed by atoms with Crippen LogP contribution in [-0.4, -0.2) is 95.8 Å². The minimum Gasteiger partial charge on any atom is -0.508 e. The number of aromatic hydroxyl groups is 3. The minimum atomic E-state index is -1.85. The maximum atomic E-state index is 13.3. The van der Waals surface area contributed by atoms with E-state index in [0.717, 1.165) is 6.07 Å². The van der Waals surface area contributed by atoms with Gasteiger partial charge in [0.25, 0.3) is 0 Å². The van der Waals surface area contributed by atoms with E-state index in [1.165, 1.54) is 24.3 Å². The largest absolute Gasteiger partial charge is 0.508 e. The number of phenols is 3. The predicted octanol–water partition coefficient (Wildman–Crippen LogP) is -1.12. The molecule has 3 heterocycles. The summed E-state index contributed by atoms with van der Waals surface area (Å²) < 4.78 is 16.8. The molecule has 13 nitrogen and oxygen atoms in total. The Morgan fingerprint density at radius 2 is 1.21 bits per heavy atom. The first-order valence-electron chi connectivity index (χ1n) is 11.7. The zero-order chi connectivity index (χ0) is 27.5. The van der Waals surface area contributed by atoms with Crippen molar-refractivity contribution < 1.29 is 59.8 Å². The summed E-state index contributed by atoms with van der Waals surface area (Å²) in [7, 11) is 0. The first-order valence-corrected chi connectivity index (χ1v) is 11.7. The van der Waals surface area contributed by atoms with E-state index in [2.05, 4.69) is 0 Å². The van der Waals surface area contributed by atoms with E-state index in [0.29, 0.717) is 5.56 Å². The van der Waals surface area contributed by atoms with Gasteiger partial charge in [0.05, 0.1) is 24.3 Å². The molecule has 13 heteroatoms. The van der Waals surface area contributed by atoms with E-state index in [1.807, 2.05) is 0 Å². The van der Waals surface area contributed by atoms with Gasteiger partial charge in [-0.05, 0) is 24.3 Å². The van der Waals surface area contributed by atoms with Gasteiger partial charge in [-0.2, -0.15) is 0 Å². The molecule has 9 N–H and O–H groups in total. The highest BCUT2D eigenvalue weighted by Gasteiger charge is 2.46. The molecule has 0 amide bonds. The van der Waals surface area contributed by atoms with Crippen LogP contribution in [0.2, 0.25) is 0 Å². The molecule has 0 radical (unpaired) electrons. The number of ether oxygens (including phenoxy) is 2. The van der Waals surface area contributed by atoms with Crippen molar-refractivity contribution in [1.29, 1.82) is 0 Å². The third-order valence-corrected chi connectivity index (χ3v) is 6.92. The molecule has 0 spiro atoms. The molecule has 2 aliphatic heterocycles. The topological polar surface area (TPSA) is 231 Å². The van der Waals surface area contributed by atoms with Crippen LogP contribution in [0.3, 0.4) is 0 Å².